The van der Waals surface area contributed by atoms with Crippen molar-refractivity contribution < 1.29 is 13.2 Å². The minimum atomic E-state index is -3.60. The van der Waals surface area contributed by atoms with Gasteiger partial charge in [0.25, 0.3) is 0 Å². The standard InChI is InChI=1S/C21H29N3O3S/c1-5-22-19-13-12-18(28(26,27)24(6-2)7-3)15-20(19)23-21(25)14-17-10-8-16(4)9-11-17/h8-13,15,22H,5-7,14H2,1-4H3,(H,23,25). The zero-order valence-electron chi connectivity index (χ0n) is 17.0. The number of anilines is 2. The summed E-state index contributed by atoms with van der Waals surface area (Å²) in [6.45, 7) is 8.98. The van der Waals surface area contributed by atoms with Crippen molar-refractivity contribution in [1.29, 1.82) is 0 Å². The van der Waals surface area contributed by atoms with Gasteiger partial charge in [0.1, 0.15) is 0 Å². The summed E-state index contributed by atoms with van der Waals surface area (Å²) in [6.07, 6.45) is 0.221. The van der Waals surface area contributed by atoms with Crippen LogP contribution in [0, 0.1) is 6.92 Å². The van der Waals surface area contributed by atoms with Crippen LogP contribution in [0.5, 0.6) is 0 Å². The molecule has 0 spiro atoms. The van der Waals surface area contributed by atoms with Crippen molar-refractivity contribution in [2.24, 2.45) is 0 Å². The van der Waals surface area contributed by atoms with Crippen LogP contribution in [0.1, 0.15) is 31.9 Å². The Labute approximate surface area is 168 Å². The Morgan fingerprint density at radius 2 is 1.61 bits per heavy atom. The van der Waals surface area contributed by atoms with Gasteiger partial charge in [0.2, 0.25) is 15.9 Å². The number of rotatable bonds is 9. The monoisotopic (exact) mass is 403 g/mol. The lowest BCUT2D eigenvalue weighted by molar-refractivity contribution is -0.115. The van der Waals surface area contributed by atoms with Gasteiger partial charge >= 0.3 is 0 Å². The van der Waals surface area contributed by atoms with E-state index < -0.39 is 10.0 Å². The zero-order chi connectivity index (χ0) is 20.7. The van der Waals surface area contributed by atoms with Crippen LogP contribution < -0.4 is 10.6 Å². The first kappa shape index (κ1) is 21.9. The number of nitrogens with zero attached hydrogens (tertiary/aromatic N) is 1. The topological polar surface area (TPSA) is 78.5 Å². The van der Waals surface area contributed by atoms with Crippen LogP contribution in [-0.2, 0) is 21.2 Å². The lowest BCUT2D eigenvalue weighted by atomic mass is 10.1. The summed E-state index contributed by atoms with van der Waals surface area (Å²) in [5.41, 5.74) is 3.19. The molecular weight excluding hydrogens is 374 g/mol. The average molecular weight is 404 g/mol. The molecule has 0 unspecified atom stereocenters. The smallest absolute Gasteiger partial charge is 0.243 e. The molecule has 0 aromatic heterocycles. The highest BCUT2D eigenvalue weighted by Gasteiger charge is 2.23. The quantitative estimate of drug-likeness (QED) is 0.670. The van der Waals surface area contributed by atoms with Crippen molar-refractivity contribution in [2.45, 2.75) is 39.0 Å². The van der Waals surface area contributed by atoms with Crippen molar-refractivity contribution in [3.05, 3.63) is 53.6 Å². The van der Waals surface area contributed by atoms with E-state index in [9.17, 15) is 13.2 Å². The van der Waals surface area contributed by atoms with Crippen LogP contribution in [0.3, 0.4) is 0 Å². The molecule has 152 valence electrons. The van der Waals surface area contributed by atoms with Gasteiger partial charge in [0.05, 0.1) is 22.7 Å². The molecule has 0 atom stereocenters. The number of amides is 1. The molecule has 28 heavy (non-hydrogen) atoms. The molecule has 2 N–H and O–H groups in total. The van der Waals surface area contributed by atoms with Gasteiger partial charge in [0.15, 0.2) is 0 Å². The first-order valence-electron chi connectivity index (χ1n) is 9.55. The SMILES string of the molecule is CCNc1ccc(S(=O)(=O)N(CC)CC)cc1NC(=O)Cc1ccc(C)cc1. The average Bonchev–Trinajstić information content (AvgIpc) is 2.66. The van der Waals surface area contributed by atoms with E-state index in [4.69, 9.17) is 0 Å². The molecule has 0 aliphatic rings. The minimum Gasteiger partial charge on any atom is -0.384 e. The third kappa shape index (κ3) is 5.33. The predicted molar refractivity (Wildman–Crippen MR) is 114 cm³/mol. The van der Waals surface area contributed by atoms with Gasteiger partial charge in [-0.05, 0) is 37.6 Å². The Kier molecular flexibility index (Phi) is 7.60. The first-order chi connectivity index (χ1) is 13.3. The van der Waals surface area contributed by atoms with E-state index in [1.54, 1.807) is 26.0 Å². The van der Waals surface area contributed by atoms with Gasteiger partial charge in [-0.2, -0.15) is 4.31 Å². The van der Waals surface area contributed by atoms with E-state index >= 15 is 0 Å². The molecule has 0 heterocycles. The van der Waals surface area contributed by atoms with Gasteiger partial charge in [-0.3, -0.25) is 4.79 Å². The van der Waals surface area contributed by atoms with E-state index in [0.717, 1.165) is 11.1 Å². The molecule has 1 amide bonds. The van der Waals surface area contributed by atoms with E-state index in [0.29, 0.717) is 31.0 Å². The predicted octanol–water partition coefficient (Wildman–Crippen LogP) is 3.64. The molecule has 0 radical (unpaired) electrons. The van der Waals surface area contributed by atoms with Crippen LogP contribution in [0.25, 0.3) is 0 Å². The molecule has 0 aliphatic carbocycles. The van der Waals surface area contributed by atoms with Gasteiger partial charge in [-0.1, -0.05) is 43.7 Å². The molecule has 2 aromatic carbocycles. The fraction of sp³-hybridized carbons (Fsp3) is 0.381. The third-order valence-corrected chi connectivity index (χ3v) is 6.51. The summed E-state index contributed by atoms with van der Waals surface area (Å²) in [7, 11) is -3.60. The van der Waals surface area contributed by atoms with Crippen LogP contribution >= 0.6 is 0 Å². The van der Waals surface area contributed by atoms with Crippen LogP contribution in [0.15, 0.2) is 47.4 Å². The van der Waals surface area contributed by atoms with Gasteiger partial charge in [0, 0.05) is 19.6 Å². The number of nitrogens with one attached hydrogen (secondary N) is 2. The fourth-order valence-corrected chi connectivity index (χ4v) is 4.41. The maximum atomic E-state index is 12.8. The molecule has 0 saturated heterocycles. The lowest BCUT2D eigenvalue weighted by Crippen LogP contribution is -2.30. The van der Waals surface area contributed by atoms with E-state index in [1.807, 2.05) is 38.1 Å². The second-order valence-electron chi connectivity index (χ2n) is 6.54. The number of aryl methyl sites for hydroxylation is 1. The molecular formula is C21H29N3O3S. The Bertz CT molecular complexity index is 905. The Morgan fingerprint density at radius 3 is 2.18 bits per heavy atom. The van der Waals surface area contributed by atoms with Crippen molar-refractivity contribution in [2.75, 3.05) is 30.3 Å². The maximum Gasteiger partial charge on any atom is 0.243 e. The number of carbonyl (C=O) groups excluding carboxylic acids is 1. The highest BCUT2D eigenvalue weighted by molar-refractivity contribution is 7.89. The van der Waals surface area contributed by atoms with E-state index in [1.165, 1.54) is 10.4 Å². The molecule has 7 heteroatoms. The highest BCUT2D eigenvalue weighted by Crippen LogP contribution is 2.27. The third-order valence-electron chi connectivity index (χ3n) is 4.46. The van der Waals surface area contributed by atoms with Crippen LogP contribution in [0.2, 0.25) is 0 Å². The molecule has 2 aromatic rings. The second kappa shape index (κ2) is 9.71. The zero-order valence-corrected chi connectivity index (χ0v) is 17.8. The van der Waals surface area contributed by atoms with Gasteiger partial charge < -0.3 is 10.6 Å². The van der Waals surface area contributed by atoms with E-state index in [2.05, 4.69) is 10.6 Å². The Morgan fingerprint density at radius 1 is 0.964 bits per heavy atom. The maximum absolute atomic E-state index is 12.8. The number of hydrogen-bond acceptors (Lipinski definition) is 4. The molecule has 0 aliphatic heterocycles. The largest absolute Gasteiger partial charge is 0.384 e. The number of sulfonamides is 1. The normalized spacial score (nSPS) is 11.5. The lowest BCUT2D eigenvalue weighted by Gasteiger charge is -2.20. The second-order valence-corrected chi connectivity index (χ2v) is 8.48. The van der Waals surface area contributed by atoms with Gasteiger partial charge in [-0.15, -0.1) is 0 Å². The minimum absolute atomic E-state index is 0.170. The summed E-state index contributed by atoms with van der Waals surface area (Å²) in [6, 6.07) is 12.6. The van der Waals surface area contributed by atoms with Crippen LogP contribution in [-0.4, -0.2) is 38.3 Å². The molecule has 0 saturated carbocycles. The summed E-state index contributed by atoms with van der Waals surface area (Å²) < 4.78 is 27.0. The van der Waals surface area contributed by atoms with Crippen molar-refractivity contribution in [3.8, 4) is 0 Å². The van der Waals surface area contributed by atoms with Gasteiger partial charge in [-0.25, -0.2) is 8.42 Å². The van der Waals surface area contributed by atoms with Crippen molar-refractivity contribution in [3.63, 3.8) is 0 Å². The highest BCUT2D eigenvalue weighted by atomic mass is 32.2. The molecule has 0 fully saturated rings. The molecule has 0 bridgehead atoms. The fourth-order valence-electron chi connectivity index (χ4n) is 2.93. The number of carbonyl (C=O) groups is 1. The first-order valence-corrected chi connectivity index (χ1v) is 11.0. The number of hydrogen-bond donors (Lipinski definition) is 2. The molecule has 6 nitrogen and oxygen atoms in total. The van der Waals surface area contributed by atoms with Crippen molar-refractivity contribution >= 4 is 27.3 Å². The molecule has 2 rings (SSSR count). The Hall–Kier alpha value is -2.38. The summed E-state index contributed by atoms with van der Waals surface area (Å²) in [5.74, 6) is -0.194. The summed E-state index contributed by atoms with van der Waals surface area (Å²) >= 11 is 0. The van der Waals surface area contributed by atoms with Crippen molar-refractivity contribution in [1.82, 2.24) is 4.31 Å². The van der Waals surface area contributed by atoms with E-state index in [-0.39, 0.29) is 17.2 Å². The summed E-state index contributed by atoms with van der Waals surface area (Å²) in [4.78, 5) is 12.7. The van der Waals surface area contributed by atoms with Crippen LogP contribution in [0.4, 0.5) is 11.4 Å². The summed E-state index contributed by atoms with van der Waals surface area (Å²) in [5, 5.41) is 6.03. The number of benzene rings is 2. The Balaban J connectivity index is 2.30.